The molecule has 2 N–H and O–H groups in total. The van der Waals surface area contributed by atoms with Gasteiger partial charge in [0.1, 0.15) is 16.5 Å². The summed E-state index contributed by atoms with van der Waals surface area (Å²) in [6, 6.07) is 7.52. The van der Waals surface area contributed by atoms with Crippen molar-refractivity contribution in [2.75, 3.05) is 6.61 Å². The number of hydrogen-bond acceptors (Lipinski definition) is 8. The molecule has 1 aliphatic rings. The Balaban J connectivity index is 1.54. The van der Waals surface area contributed by atoms with Crippen LogP contribution in [-0.4, -0.2) is 44.4 Å². The van der Waals surface area contributed by atoms with Crippen LogP contribution in [0.2, 0.25) is 5.02 Å². The summed E-state index contributed by atoms with van der Waals surface area (Å²) in [6.07, 6.45) is 0.338. The number of aliphatic hydroxyl groups is 2. The predicted octanol–water partition coefficient (Wildman–Crippen LogP) is 3.32. The monoisotopic (exact) mass is 421 g/mol. The Kier molecular flexibility index (Phi) is 5.75. The third kappa shape index (κ3) is 4.26. The molecule has 3 aromatic rings. The van der Waals surface area contributed by atoms with Crippen LogP contribution >= 0.6 is 22.9 Å². The largest absolute Gasteiger partial charge is 0.394 e. The highest BCUT2D eigenvalue weighted by Crippen LogP contribution is 2.34. The highest BCUT2D eigenvalue weighted by atomic mass is 35.5. The average Bonchev–Trinajstić information content (AvgIpc) is 3.32. The number of halogens is 1. The second-order valence-electron chi connectivity index (χ2n) is 6.91. The van der Waals surface area contributed by atoms with Crippen LogP contribution < -0.4 is 0 Å². The topological polar surface area (TPSA) is 102 Å². The van der Waals surface area contributed by atoms with Crippen molar-refractivity contribution >= 4 is 22.9 Å². The van der Waals surface area contributed by atoms with Gasteiger partial charge in [0, 0.05) is 30.4 Å². The summed E-state index contributed by atoms with van der Waals surface area (Å²) in [5.74, 6) is 0.721. The van der Waals surface area contributed by atoms with E-state index in [-0.39, 0.29) is 18.8 Å². The van der Waals surface area contributed by atoms with Gasteiger partial charge in [-0.05, 0) is 24.1 Å². The lowest BCUT2D eigenvalue weighted by atomic mass is 9.95. The molecule has 0 aliphatic carbocycles. The first kappa shape index (κ1) is 19.5. The molecule has 148 valence electrons. The van der Waals surface area contributed by atoms with Crippen LogP contribution in [0.3, 0.4) is 0 Å². The zero-order valence-corrected chi connectivity index (χ0v) is 16.8. The van der Waals surface area contributed by atoms with Gasteiger partial charge in [-0.2, -0.15) is 0 Å². The second-order valence-corrected chi connectivity index (χ2v) is 8.38. The van der Waals surface area contributed by atoms with Crippen LogP contribution in [0.5, 0.6) is 0 Å². The molecule has 1 fully saturated rings. The molecular weight excluding hydrogens is 402 g/mol. The van der Waals surface area contributed by atoms with Crippen molar-refractivity contribution in [3.63, 3.8) is 0 Å². The summed E-state index contributed by atoms with van der Waals surface area (Å²) in [5, 5.41) is 34.0. The third-order valence-corrected chi connectivity index (χ3v) is 5.99. The molecule has 28 heavy (non-hydrogen) atoms. The highest BCUT2D eigenvalue weighted by molar-refractivity contribution is 7.14. The minimum Gasteiger partial charge on any atom is -0.394 e. The molecule has 3 heterocycles. The highest BCUT2D eigenvalue weighted by Gasteiger charge is 2.29. The average molecular weight is 422 g/mol. The molecule has 9 heteroatoms. The van der Waals surface area contributed by atoms with E-state index in [1.54, 1.807) is 0 Å². The van der Waals surface area contributed by atoms with Gasteiger partial charge in [-0.25, -0.2) is 0 Å². The fourth-order valence-corrected chi connectivity index (χ4v) is 4.31. The lowest BCUT2D eigenvalue weighted by molar-refractivity contribution is -0.113. The summed E-state index contributed by atoms with van der Waals surface area (Å²) >= 11 is 7.84. The van der Waals surface area contributed by atoms with E-state index in [0.717, 1.165) is 21.9 Å². The molecule has 1 aliphatic heterocycles. The molecule has 3 unspecified atom stereocenters. The molecule has 0 amide bonds. The first-order chi connectivity index (χ1) is 13.5. The Morgan fingerprint density at radius 3 is 2.86 bits per heavy atom. The lowest BCUT2D eigenvalue weighted by Gasteiger charge is -2.32. The van der Waals surface area contributed by atoms with Gasteiger partial charge in [0.25, 0.3) is 0 Å². The van der Waals surface area contributed by atoms with Gasteiger partial charge in [-0.1, -0.05) is 40.2 Å². The van der Waals surface area contributed by atoms with Gasteiger partial charge >= 0.3 is 0 Å². The maximum absolute atomic E-state index is 10.1. The fourth-order valence-electron chi connectivity index (χ4n) is 3.31. The Hall–Kier alpha value is -1.84. The van der Waals surface area contributed by atoms with Crippen molar-refractivity contribution in [2.45, 2.75) is 44.5 Å². The predicted molar refractivity (Wildman–Crippen MR) is 104 cm³/mol. The molecule has 4 rings (SSSR count). The quantitative estimate of drug-likeness (QED) is 0.651. The number of ether oxygens (including phenoxy) is 1. The van der Waals surface area contributed by atoms with E-state index in [4.69, 9.17) is 20.9 Å². The molecule has 0 spiro atoms. The Labute approximate surface area is 170 Å². The van der Waals surface area contributed by atoms with E-state index >= 15 is 0 Å². The molecule has 1 aromatic carbocycles. The number of aromatic nitrogens is 3. The van der Waals surface area contributed by atoms with Crippen LogP contribution in [0.1, 0.15) is 40.8 Å². The maximum atomic E-state index is 10.1. The van der Waals surface area contributed by atoms with Crippen LogP contribution in [0.25, 0.3) is 10.7 Å². The minimum absolute atomic E-state index is 0.108. The van der Waals surface area contributed by atoms with Crippen molar-refractivity contribution in [3.05, 3.63) is 51.2 Å². The summed E-state index contributed by atoms with van der Waals surface area (Å²) in [5.41, 5.74) is 2.50. The molecule has 1 saturated heterocycles. The molecular formula is C19H20ClN3O4S. The van der Waals surface area contributed by atoms with Crippen molar-refractivity contribution < 1.29 is 19.5 Å². The van der Waals surface area contributed by atoms with Crippen LogP contribution in [0.4, 0.5) is 0 Å². The molecule has 3 atom stereocenters. The van der Waals surface area contributed by atoms with Gasteiger partial charge < -0.3 is 19.5 Å². The summed E-state index contributed by atoms with van der Waals surface area (Å²) in [4.78, 5) is 0. The number of aliphatic hydroxyl groups excluding tert-OH is 2. The lowest BCUT2D eigenvalue weighted by Crippen LogP contribution is -2.33. The first-order valence-corrected chi connectivity index (χ1v) is 10.2. The van der Waals surface area contributed by atoms with E-state index in [9.17, 15) is 10.2 Å². The van der Waals surface area contributed by atoms with Gasteiger partial charge in [-0.3, -0.25) is 0 Å². The Morgan fingerprint density at radius 1 is 1.25 bits per heavy atom. The summed E-state index contributed by atoms with van der Waals surface area (Å²) < 4.78 is 11.0. The maximum Gasteiger partial charge on any atom is 0.169 e. The third-order valence-electron chi connectivity index (χ3n) is 4.68. The van der Waals surface area contributed by atoms with Gasteiger partial charge in [0.2, 0.25) is 0 Å². The molecule has 2 aromatic heterocycles. The fraction of sp³-hybridized carbons (Fsp3) is 0.421. The van der Waals surface area contributed by atoms with Gasteiger partial charge in [-0.15, -0.1) is 10.2 Å². The van der Waals surface area contributed by atoms with Crippen LogP contribution in [0, 0.1) is 6.92 Å². The Bertz CT molecular complexity index is 960. The first-order valence-electron chi connectivity index (χ1n) is 9.00. The van der Waals surface area contributed by atoms with Crippen molar-refractivity contribution in [3.8, 4) is 10.7 Å². The molecule has 0 bridgehead atoms. The zero-order chi connectivity index (χ0) is 19.7. The van der Waals surface area contributed by atoms with E-state index in [2.05, 4.69) is 15.4 Å². The smallest absolute Gasteiger partial charge is 0.169 e. The number of hydrogen-bond donors (Lipinski definition) is 2. The zero-order valence-electron chi connectivity index (χ0n) is 15.2. The van der Waals surface area contributed by atoms with E-state index in [1.807, 2.05) is 31.2 Å². The summed E-state index contributed by atoms with van der Waals surface area (Å²) in [7, 11) is 0. The standard InChI is InChI=1S/C19H20ClN3O4S/c1-10-4-16(23-27-10)19-22-21-18(28-19)6-12-5-11(2-3-15(12)20)17-8-13(25)7-14(9-24)26-17/h2-5,13-14,17,24-25H,6-9H2,1H3. The SMILES string of the molecule is Cc1cc(-c2nnc(Cc3cc(C4CC(O)CC(CO)O4)ccc3Cl)s2)no1. The van der Waals surface area contributed by atoms with Crippen LogP contribution in [-0.2, 0) is 11.2 Å². The number of benzene rings is 1. The Morgan fingerprint density at radius 2 is 2.11 bits per heavy atom. The van der Waals surface area contributed by atoms with Crippen molar-refractivity contribution in [1.82, 2.24) is 15.4 Å². The number of rotatable bonds is 5. The molecule has 0 radical (unpaired) electrons. The van der Waals surface area contributed by atoms with E-state index < -0.39 is 6.10 Å². The summed E-state index contributed by atoms with van der Waals surface area (Å²) in [6.45, 7) is 1.72. The van der Waals surface area contributed by atoms with Gasteiger partial charge in [0.05, 0.1) is 24.9 Å². The van der Waals surface area contributed by atoms with Crippen molar-refractivity contribution in [1.29, 1.82) is 0 Å². The molecule has 0 saturated carbocycles. The van der Waals surface area contributed by atoms with Crippen molar-refractivity contribution in [2.24, 2.45) is 0 Å². The van der Waals surface area contributed by atoms with Crippen LogP contribution in [0.15, 0.2) is 28.8 Å². The van der Waals surface area contributed by atoms with Gasteiger partial charge in [0.15, 0.2) is 5.01 Å². The number of nitrogens with zero attached hydrogens (tertiary/aromatic N) is 3. The minimum atomic E-state index is -0.494. The second kappa shape index (κ2) is 8.26. The number of aryl methyl sites for hydroxylation is 1. The van der Waals surface area contributed by atoms with E-state index in [0.29, 0.717) is 35.0 Å². The molecule has 7 nitrogen and oxygen atoms in total. The normalized spacial score (nSPS) is 22.5. The van der Waals surface area contributed by atoms with E-state index in [1.165, 1.54) is 11.3 Å².